The van der Waals surface area contributed by atoms with Crippen LogP contribution in [0.3, 0.4) is 0 Å². The largest absolute Gasteiger partial charge is 0.299 e. The third-order valence-corrected chi connectivity index (χ3v) is 5.01. The van der Waals surface area contributed by atoms with Crippen molar-refractivity contribution in [1.82, 2.24) is 10.3 Å². The number of rotatable bonds is 4. The zero-order chi connectivity index (χ0) is 18.5. The smallest absolute Gasteiger partial charge is 0.257 e. The summed E-state index contributed by atoms with van der Waals surface area (Å²) in [4.78, 5) is 12.4. The molecular weight excluding hydrogens is 434 g/mol. The number of amidine groups is 1. The molecular formula is C19H15BrClN3OS. The number of hydrogen-bond acceptors (Lipinski definition) is 4. The molecule has 4 nitrogen and oxygen atoms in total. The van der Waals surface area contributed by atoms with Gasteiger partial charge >= 0.3 is 0 Å². The van der Waals surface area contributed by atoms with E-state index in [0.29, 0.717) is 22.3 Å². The van der Waals surface area contributed by atoms with Gasteiger partial charge in [-0.1, -0.05) is 63.6 Å². The highest BCUT2D eigenvalue weighted by atomic mass is 79.9. The van der Waals surface area contributed by atoms with Crippen LogP contribution in [-0.2, 0) is 0 Å². The van der Waals surface area contributed by atoms with E-state index >= 15 is 0 Å². The zero-order valence-electron chi connectivity index (χ0n) is 13.7. The number of thioether (sulfide) groups is 1. The molecule has 0 fully saturated rings. The molecule has 1 N–H and O–H groups in total. The predicted molar refractivity (Wildman–Crippen MR) is 113 cm³/mol. The van der Waals surface area contributed by atoms with E-state index in [1.807, 2.05) is 41.8 Å². The fourth-order valence-corrected chi connectivity index (χ4v) is 3.62. The molecule has 1 aliphatic rings. The molecule has 132 valence electrons. The summed E-state index contributed by atoms with van der Waals surface area (Å²) < 4.78 is 0.849. The number of amides is 1. The molecule has 0 spiro atoms. The maximum Gasteiger partial charge on any atom is 0.257 e. The molecule has 1 amide bonds. The Labute approximate surface area is 169 Å². The second kappa shape index (κ2) is 8.58. The van der Waals surface area contributed by atoms with Gasteiger partial charge in [-0.25, -0.2) is 0 Å². The summed E-state index contributed by atoms with van der Waals surface area (Å²) in [5.74, 6) is -0.209. The number of nitrogens with zero attached hydrogens (tertiary/aromatic N) is 2. The van der Waals surface area contributed by atoms with Gasteiger partial charge in [-0.3, -0.25) is 15.1 Å². The Morgan fingerprint density at radius 1 is 1.31 bits per heavy atom. The van der Waals surface area contributed by atoms with E-state index in [0.717, 1.165) is 15.7 Å². The lowest BCUT2D eigenvalue weighted by atomic mass is 10.1. The zero-order valence-corrected chi connectivity index (χ0v) is 16.8. The van der Waals surface area contributed by atoms with Crippen molar-refractivity contribution < 1.29 is 4.79 Å². The Hall–Kier alpha value is -2.02. The number of halogens is 2. The number of hydrogen-bond donors (Lipinski definition) is 1. The van der Waals surface area contributed by atoms with Crippen molar-refractivity contribution in [3.05, 3.63) is 87.2 Å². The minimum absolute atomic E-state index is 0.209. The van der Waals surface area contributed by atoms with E-state index in [9.17, 15) is 4.79 Å². The van der Waals surface area contributed by atoms with Gasteiger partial charge in [-0.05, 0) is 30.3 Å². The molecule has 0 aliphatic carbocycles. The summed E-state index contributed by atoms with van der Waals surface area (Å²) in [6, 6.07) is 14.8. The van der Waals surface area contributed by atoms with Crippen LogP contribution in [-0.4, -0.2) is 22.6 Å². The van der Waals surface area contributed by atoms with Gasteiger partial charge in [0.25, 0.3) is 5.91 Å². The fourth-order valence-electron chi connectivity index (χ4n) is 2.31. The number of hydrazone groups is 1. The molecule has 0 atom stereocenters. The Morgan fingerprint density at radius 3 is 2.77 bits per heavy atom. The number of carbonyl (C=O) groups excluding carboxylic acids is 1. The topological polar surface area (TPSA) is 44.7 Å². The van der Waals surface area contributed by atoms with Crippen LogP contribution in [0.25, 0.3) is 5.70 Å². The van der Waals surface area contributed by atoms with Crippen LogP contribution >= 0.6 is 39.3 Å². The molecule has 0 unspecified atom stereocenters. The van der Waals surface area contributed by atoms with Gasteiger partial charge in [0.2, 0.25) is 0 Å². The maximum atomic E-state index is 12.4. The van der Waals surface area contributed by atoms with Crippen molar-refractivity contribution in [3.8, 4) is 0 Å². The van der Waals surface area contributed by atoms with Crippen molar-refractivity contribution >= 4 is 56.1 Å². The molecule has 3 rings (SSSR count). The summed E-state index contributed by atoms with van der Waals surface area (Å²) in [6.07, 6.45) is 1.76. The summed E-state index contributed by atoms with van der Waals surface area (Å²) in [7, 11) is 0. The van der Waals surface area contributed by atoms with Crippen LogP contribution in [0.5, 0.6) is 0 Å². The molecule has 2 aromatic carbocycles. The van der Waals surface area contributed by atoms with E-state index in [-0.39, 0.29) is 5.91 Å². The van der Waals surface area contributed by atoms with Crippen molar-refractivity contribution in [2.45, 2.75) is 0 Å². The van der Waals surface area contributed by atoms with Gasteiger partial charge in [-0.15, -0.1) is 11.7 Å². The Bertz CT molecular complexity index is 896. The third kappa shape index (κ3) is 4.58. The first-order chi connectivity index (χ1) is 12.6. The van der Waals surface area contributed by atoms with Crippen LogP contribution in [0.2, 0.25) is 5.02 Å². The first kappa shape index (κ1) is 18.8. The minimum atomic E-state index is -0.209. The van der Waals surface area contributed by atoms with E-state index in [2.05, 4.69) is 32.9 Å². The van der Waals surface area contributed by atoms with Crippen molar-refractivity contribution in [3.63, 3.8) is 0 Å². The molecule has 0 bridgehead atoms. The van der Waals surface area contributed by atoms with E-state index < -0.39 is 0 Å². The average molecular weight is 449 g/mol. The number of benzene rings is 2. The van der Waals surface area contributed by atoms with Crippen LogP contribution in [0.15, 0.2) is 76.2 Å². The quantitative estimate of drug-likeness (QED) is 0.642. The monoisotopic (exact) mass is 447 g/mol. The van der Waals surface area contributed by atoms with E-state index in [1.165, 1.54) is 11.8 Å². The maximum absolute atomic E-state index is 12.4. The lowest BCUT2D eigenvalue weighted by molar-refractivity contribution is 0.0977. The van der Waals surface area contributed by atoms with Gasteiger partial charge in [0.05, 0.1) is 12.2 Å². The Kier molecular flexibility index (Phi) is 6.19. The Balaban J connectivity index is 1.78. The lowest BCUT2D eigenvalue weighted by Gasteiger charge is -2.25. The van der Waals surface area contributed by atoms with Crippen molar-refractivity contribution in [2.75, 3.05) is 6.54 Å². The molecule has 1 heterocycles. The molecule has 2 aromatic rings. The molecule has 1 aliphatic heterocycles. The van der Waals surface area contributed by atoms with E-state index in [4.69, 9.17) is 11.6 Å². The fraction of sp³-hybridized carbons (Fsp3) is 0.0526. The molecule has 7 heteroatoms. The summed E-state index contributed by atoms with van der Waals surface area (Å²) in [5.41, 5.74) is 2.47. The second-order valence-corrected chi connectivity index (χ2v) is 7.58. The van der Waals surface area contributed by atoms with Gasteiger partial charge in [-0.2, -0.15) is 0 Å². The van der Waals surface area contributed by atoms with Crippen molar-refractivity contribution in [1.29, 1.82) is 0 Å². The standard InChI is InChI=1S/C19H15BrClN3OS/c1-2-10-24-17(13-6-8-16(21)9-7-13)12-26-19(23-24)22-18(25)14-4-3-5-15(20)11-14/h2-9,11-12H,1,10H2,(H,22,23,25). The van der Waals surface area contributed by atoms with Gasteiger partial charge in [0, 0.05) is 26.0 Å². The summed E-state index contributed by atoms with van der Waals surface area (Å²) in [5, 5.41) is 12.3. The third-order valence-electron chi connectivity index (χ3n) is 3.52. The van der Waals surface area contributed by atoms with Crippen LogP contribution in [0.4, 0.5) is 0 Å². The summed E-state index contributed by atoms with van der Waals surface area (Å²) in [6.45, 7) is 4.30. The first-order valence-electron chi connectivity index (χ1n) is 7.73. The minimum Gasteiger partial charge on any atom is -0.299 e. The highest BCUT2D eigenvalue weighted by Crippen LogP contribution is 2.29. The van der Waals surface area contributed by atoms with Crippen LogP contribution in [0.1, 0.15) is 15.9 Å². The molecule has 0 aromatic heterocycles. The van der Waals surface area contributed by atoms with Gasteiger partial charge in [0.15, 0.2) is 5.17 Å². The van der Waals surface area contributed by atoms with Gasteiger partial charge < -0.3 is 0 Å². The molecule has 0 saturated carbocycles. The Morgan fingerprint density at radius 2 is 2.08 bits per heavy atom. The second-order valence-electron chi connectivity index (χ2n) is 5.37. The predicted octanol–water partition coefficient (Wildman–Crippen LogP) is 5.34. The normalized spacial score (nSPS) is 13.7. The highest BCUT2D eigenvalue weighted by Gasteiger charge is 2.19. The van der Waals surface area contributed by atoms with Crippen LogP contribution < -0.4 is 5.32 Å². The van der Waals surface area contributed by atoms with Crippen molar-refractivity contribution in [2.24, 2.45) is 5.10 Å². The van der Waals surface area contributed by atoms with Gasteiger partial charge in [0.1, 0.15) is 0 Å². The number of nitrogens with one attached hydrogen (secondary N) is 1. The van der Waals surface area contributed by atoms with Crippen LogP contribution in [0, 0.1) is 0 Å². The molecule has 0 radical (unpaired) electrons. The average Bonchev–Trinajstić information content (AvgIpc) is 2.63. The first-order valence-corrected chi connectivity index (χ1v) is 9.78. The highest BCUT2D eigenvalue weighted by molar-refractivity contribution is 9.10. The molecule has 0 saturated heterocycles. The lowest BCUT2D eigenvalue weighted by Crippen LogP contribution is -2.32. The number of carbonyl (C=O) groups is 1. The summed E-state index contributed by atoms with van der Waals surface area (Å²) >= 11 is 10.7. The van der Waals surface area contributed by atoms with E-state index in [1.54, 1.807) is 23.2 Å². The molecule has 26 heavy (non-hydrogen) atoms. The SMILES string of the molecule is C=CCN1N=C(NC(=O)c2cccc(Br)c2)SC=C1c1ccc(Cl)cc1.